The molecule has 0 spiro atoms. The van der Waals surface area contributed by atoms with Crippen LogP contribution in [0.4, 0.5) is 0 Å². The molecule has 0 fully saturated rings. The van der Waals surface area contributed by atoms with Crippen molar-refractivity contribution >= 4 is 16.8 Å². The maximum atomic E-state index is 12.3. The molecule has 0 aliphatic rings. The third kappa shape index (κ3) is 3.83. The Balaban J connectivity index is 2.07. The first-order chi connectivity index (χ1) is 10.1. The first-order valence-corrected chi connectivity index (χ1v) is 7.03. The van der Waals surface area contributed by atoms with Crippen molar-refractivity contribution in [3.8, 4) is 0 Å². The molecule has 2 rings (SSSR count). The van der Waals surface area contributed by atoms with Gasteiger partial charge in [0.05, 0.1) is 12.1 Å². The molecule has 0 radical (unpaired) electrons. The van der Waals surface area contributed by atoms with Gasteiger partial charge < -0.3 is 19.7 Å². The number of aliphatic hydroxyl groups is 1. The predicted octanol–water partition coefficient (Wildman–Crippen LogP) is 1.54. The van der Waals surface area contributed by atoms with Gasteiger partial charge in [0, 0.05) is 25.4 Å². The zero-order valence-corrected chi connectivity index (χ0v) is 12.5. The molecule has 21 heavy (non-hydrogen) atoms. The van der Waals surface area contributed by atoms with Crippen LogP contribution < -0.4 is 5.32 Å². The lowest BCUT2D eigenvalue weighted by Crippen LogP contribution is -2.50. The minimum absolute atomic E-state index is 0.00654. The number of para-hydroxylation sites is 1. The Hall–Kier alpha value is -1.85. The van der Waals surface area contributed by atoms with Crippen LogP contribution in [0.1, 0.15) is 13.3 Å². The number of amides is 1. The fourth-order valence-electron chi connectivity index (χ4n) is 2.55. The van der Waals surface area contributed by atoms with Gasteiger partial charge in [0.1, 0.15) is 6.54 Å². The fraction of sp³-hybridized carbons (Fsp3) is 0.438. The number of carbonyl (C=O) groups is 1. The molecule has 1 amide bonds. The van der Waals surface area contributed by atoms with Crippen molar-refractivity contribution in [2.24, 2.45) is 0 Å². The van der Waals surface area contributed by atoms with E-state index in [9.17, 15) is 4.79 Å². The molecule has 5 nitrogen and oxygen atoms in total. The van der Waals surface area contributed by atoms with Crippen LogP contribution in [-0.4, -0.2) is 41.4 Å². The van der Waals surface area contributed by atoms with Gasteiger partial charge >= 0.3 is 0 Å². The van der Waals surface area contributed by atoms with Crippen LogP contribution in [0, 0.1) is 0 Å². The lowest BCUT2D eigenvalue weighted by atomic mass is 9.99. The Morgan fingerprint density at radius 1 is 1.38 bits per heavy atom. The molecule has 2 N–H and O–H groups in total. The van der Waals surface area contributed by atoms with Gasteiger partial charge in [-0.2, -0.15) is 0 Å². The summed E-state index contributed by atoms with van der Waals surface area (Å²) in [5.74, 6) is -0.0932. The summed E-state index contributed by atoms with van der Waals surface area (Å²) in [6, 6.07) is 9.93. The highest BCUT2D eigenvalue weighted by Crippen LogP contribution is 2.15. The number of hydrogen-bond acceptors (Lipinski definition) is 3. The van der Waals surface area contributed by atoms with Crippen molar-refractivity contribution < 1.29 is 14.6 Å². The predicted molar refractivity (Wildman–Crippen MR) is 82.1 cm³/mol. The second-order valence-electron chi connectivity index (χ2n) is 5.52. The van der Waals surface area contributed by atoms with Gasteiger partial charge in [-0.1, -0.05) is 18.2 Å². The molecule has 0 saturated heterocycles. The van der Waals surface area contributed by atoms with Gasteiger partial charge in [0.15, 0.2) is 0 Å². The maximum Gasteiger partial charge on any atom is 0.240 e. The zero-order chi connectivity index (χ0) is 15.3. The number of aromatic nitrogens is 1. The molecule has 114 valence electrons. The molecule has 1 aromatic carbocycles. The molecule has 0 aliphatic heterocycles. The largest absolute Gasteiger partial charge is 0.396 e. The summed E-state index contributed by atoms with van der Waals surface area (Å²) in [4.78, 5) is 12.3. The quantitative estimate of drug-likeness (QED) is 0.813. The number of rotatable bonds is 7. The Bertz CT molecular complexity index is 600. The SMILES string of the molecule is COCC(C)(CCO)NC(=O)Cn1ccc2ccccc21. The highest BCUT2D eigenvalue weighted by Gasteiger charge is 2.25. The number of ether oxygens (including phenoxy) is 1. The van der Waals surface area contributed by atoms with Gasteiger partial charge in [-0.3, -0.25) is 4.79 Å². The summed E-state index contributed by atoms with van der Waals surface area (Å²) in [6.07, 6.45) is 2.36. The van der Waals surface area contributed by atoms with E-state index in [1.54, 1.807) is 7.11 Å². The molecule has 2 aromatic rings. The van der Waals surface area contributed by atoms with Gasteiger partial charge in [-0.15, -0.1) is 0 Å². The molecule has 5 heteroatoms. The van der Waals surface area contributed by atoms with E-state index < -0.39 is 5.54 Å². The standard InChI is InChI=1S/C16H22N2O3/c1-16(8-10-19,12-21-2)17-15(20)11-18-9-7-13-5-3-4-6-14(13)18/h3-7,9,19H,8,10-12H2,1-2H3,(H,17,20). The number of nitrogens with one attached hydrogen (secondary N) is 1. The molecule has 0 bridgehead atoms. The van der Waals surface area contributed by atoms with Crippen LogP contribution in [0.25, 0.3) is 10.9 Å². The molecule has 0 saturated carbocycles. The highest BCUT2D eigenvalue weighted by atomic mass is 16.5. The number of methoxy groups -OCH3 is 1. The highest BCUT2D eigenvalue weighted by molar-refractivity contribution is 5.83. The van der Waals surface area contributed by atoms with Gasteiger partial charge in [-0.25, -0.2) is 0 Å². The number of fused-ring (bicyclic) bond motifs is 1. The van der Waals surface area contributed by atoms with Crippen molar-refractivity contribution in [2.75, 3.05) is 20.3 Å². The van der Waals surface area contributed by atoms with Crippen molar-refractivity contribution in [2.45, 2.75) is 25.4 Å². The average molecular weight is 290 g/mol. The second-order valence-corrected chi connectivity index (χ2v) is 5.52. The summed E-state index contributed by atoms with van der Waals surface area (Å²) in [5.41, 5.74) is 0.479. The van der Waals surface area contributed by atoms with Crippen LogP contribution in [0.2, 0.25) is 0 Å². The first-order valence-electron chi connectivity index (χ1n) is 7.03. The van der Waals surface area contributed by atoms with E-state index in [1.807, 2.05) is 48.0 Å². The van der Waals surface area contributed by atoms with E-state index in [0.717, 1.165) is 10.9 Å². The summed E-state index contributed by atoms with van der Waals surface area (Å²) < 4.78 is 7.05. The van der Waals surface area contributed by atoms with E-state index in [-0.39, 0.29) is 19.1 Å². The van der Waals surface area contributed by atoms with E-state index in [2.05, 4.69) is 5.32 Å². The summed E-state index contributed by atoms with van der Waals surface area (Å²) in [7, 11) is 1.58. The molecule has 1 aromatic heterocycles. The summed E-state index contributed by atoms with van der Waals surface area (Å²) in [5, 5.41) is 13.2. The fourth-order valence-corrected chi connectivity index (χ4v) is 2.55. The molecule has 0 aliphatic carbocycles. The van der Waals surface area contributed by atoms with Gasteiger partial charge in [0.2, 0.25) is 5.91 Å². The maximum absolute atomic E-state index is 12.3. The molecular formula is C16H22N2O3. The Morgan fingerprint density at radius 2 is 2.14 bits per heavy atom. The molecular weight excluding hydrogens is 268 g/mol. The average Bonchev–Trinajstić information content (AvgIpc) is 2.82. The number of nitrogens with zero attached hydrogens (tertiary/aromatic N) is 1. The van der Waals surface area contributed by atoms with Crippen molar-refractivity contribution in [3.05, 3.63) is 36.5 Å². The number of aliphatic hydroxyl groups excluding tert-OH is 1. The third-order valence-electron chi connectivity index (χ3n) is 3.56. The topological polar surface area (TPSA) is 63.5 Å². The van der Waals surface area contributed by atoms with E-state index in [0.29, 0.717) is 13.0 Å². The molecule has 1 atom stereocenters. The lowest BCUT2D eigenvalue weighted by Gasteiger charge is -2.29. The summed E-state index contributed by atoms with van der Waals surface area (Å²) >= 11 is 0. The normalized spacial score (nSPS) is 14.0. The minimum atomic E-state index is -0.552. The number of benzene rings is 1. The van der Waals surface area contributed by atoms with Crippen LogP contribution in [-0.2, 0) is 16.1 Å². The Morgan fingerprint density at radius 3 is 2.86 bits per heavy atom. The second kappa shape index (κ2) is 6.74. The minimum Gasteiger partial charge on any atom is -0.396 e. The van der Waals surface area contributed by atoms with Crippen LogP contribution in [0.15, 0.2) is 36.5 Å². The van der Waals surface area contributed by atoms with Crippen LogP contribution >= 0.6 is 0 Å². The van der Waals surface area contributed by atoms with Crippen LogP contribution in [0.3, 0.4) is 0 Å². The number of hydrogen-bond donors (Lipinski definition) is 2. The van der Waals surface area contributed by atoms with E-state index in [4.69, 9.17) is 9.84 Å². The Labute approximate surface area is 124 Å². The van der Waals surface area contributed by atoms with E-state index >= 15 is 0 Å². The molecule has 1 unspecified atom stereocenters. The monoisotopic (exact) mass is 290 g/mol. The molecule has 1 heterocycles. The third-order valence-corrected chi connectivity index (χ3v) is 3.56. The Kier molecular flexibility index (Phi) is 4.98. The zero-order valence-electron chi connectivity index (χ0n) is 12.5. The van der Waals surface area contributed by atoms with Gasteiger partial charge in [-0.05, 0) is 30.9 Å². The van der Waals surface area contributed by atoms with E-state index in [1.165, 1.54) is 0 Å². The van der Waals surface area contributed by atoms with Crippen molar-refractivity contribution in [1.82, 2.24) is 9.88 Å². The number of carbonyl (C=O) groups excluding carboxylic acids is 1. The lowest BCUT2D eigenvalue weighted by molar-refractivity contribution is -0.124. The van der Waals surface area contributed by atoms with Crippen molar-refractivity contribution in [1.29, 1.82) is 0 Å². The van der Waals surface area contributed by atoms with Crippen molar-refractivity contribution in [3.63, 3.8) is 0 Å². The van der Waals surface area contributed by atoms with Gasteiger partial charge in [0.25, 0.3) is 0 Å². The first kappa shape index (κ1) is 15.5. The van der Waals surface area contributed by atoms with Crippen LogP contribution in [0.5, 0.6) is 0 Å². The summed E-state index contributed by atoms with van der Waals surface area (Å²) in [6.45, 7) is 2.49. The smallest absolute Gasteiger partial charge is 0.240 e.